The van der Waals surface area contributed by atoms with Gasteiger partial charge >= 0.3 is 5.97 Å². The van der Waals surface area contributed by atoms with Crippen LogP contribution in [-0.4, -0.2) is 28.1 Å². The number of carboxylic acid groups (broad SMARTS) is 1. The second kappa shape index (κ2) is 10.3. The largest absolute Gasteiger partial charge is 0.478 e. The van der Waals surface area contributed by atoms with Gasteiger partial charge in [0.2, 0.25) is 5.91 Å². The van der Waals surface area contributed by atoms with Crippen molar-refractivity contribution in [2.24, 2.45) is 0 Å². The van der Waals surface area contributed by atoms with Crippen molar-refractivity contribution >= 4 is 52.5 Å². The Hall–Kier alpha value is -3.36. The molecule has 1 unspecified atom stereocenters. The van der Waals surface area contributed by atoms with Gasteiger partial charge in [0.05, 0.1) is 21.5 Å². The van der Waals surface area contributed by atoms with E-state index in [2.05, 4.69) is 10.6 Å². The molecular formula is C23H18ClFN2O4S. The van der Waals surface area contributed by atoms with Gasteiger partial charge in [0.15, 0.2) is 0 Å². The molecule has 2 amide bonds. The van der Waals surface area contributed by atoms with Crippen LogP contribution in [0.5, 0.6) is 0 Å². The molecule has 0 aliphatic heterocycles. The van der Waals surface area contributed by atoms with Crippen LogP contribution in [-0.2, 0) is 4.79 Å². The molecule has 164 valence electrons. The lowest BCUT2D eigenvalue weighted by Crippen LogP contribution is -2.22. The number of nitrogens with one attached hydrogen (secondary N) is 2. The van der Waals surface area contributed by atoms with Crippen molar-refractivity contribution in [1.29, 1.82) is 0 Å². The van der Waals surface area contributed by atoms with E-state index in [1.807, 2.05) is 0 Å². The first kappa shape index (κ1) is 23.3. The molecule has 9 heteroatoms. The zero-order valence-electron chi connectivity index (χ0n) is 16.8. The number of amides is 2. The summed E-state index contributed by atoms with van der Waals surface area (Å²) in [6, 6.07) is 16.2. The topological polar surface area (TPSA) is 95.5 Å². The molecular weight excluding hydrogens is 455 g/mol. The first-order valence-corrected chi connectivity index (χ1v) is 10.7. The van der Waals surface area contributed by atoms with E-state index in [1.54, 1.807) is 31.2 Å². The maximum atomic E-state index is 13.0. The highest BCUT2D eigenvalue weighted by molar-refractivity contribution is 8.00. The van der Waals surface area contributed by atoms with E-state index < -0.39 is 17.0 Å². The molecule has 3 aromatic carbocycles. The molecule has 3 aromatic rings. The molecule has 0 bridgehead atoms. The number of carboxylic acids is 1. The van der Waals surface area contributed by atoms with Crippen LogP contribution < -0.4 is 10.6 Å². The average Bonchev–Trinajstić information content (AvgIpc) is 2.75. The number of thioether (sulfide) groups is 1. The Morgan fingerprint density at radius 3 is 2.34 bits per heavy atom. The van der Waals surface area contributed by atoms with Gasteiger partial charge in [-0.2, -0.15) is 0 Å². The van der Waals surface area contributed by atoms with Crippen LogP contribution in [0.2, 0.25) is 5.02 Å². The Morgan fingerprint density at radius 2 is 1.66 bits per heavy atom. The summed E-state index contributed by atoms with van der Waals surface area (Å²) in [6.45, 7) is 1.69. The lowest BCUT2D eigenvalue weighted by molar-refractivity contribution is -0.115. The molecule has 32 heavy (non-hydrogen) atoms. The van der Waals surface area contributed by atoms with Crippen LogP contribution in [0, 0.1) is 5.82 Å². The highest BCUT2D eigenvalue weighted by Gasteiger charge is 2.17. The fourth-order valence-corrected chi connectivity index (χ4v) is 3.79. The Balaban J connectivity index is 1.65. The molecule has 0 aliphatic carbocycles. The van der Waals surface area contributed by atoms with Crippen LogP contribution in [0.15, 0.2) is 71.6 Å². The van der Waals surface area contributed by atoms with E-state index in [0.717, 1.165) is 4.90 Å². The fraction of sp³-hybridized carbons (Fsp3) is 0.0870. The van der Waals surface area contributed by atoms with Crippen molar-refractivity contribution in [2.75, 3.05) is 10.6 Å². The third kappa shape index (κ3) is 6.09. The number of benzene rings is 3. The van der Waals surface area contributed by atoms with Crippen LogP contribution in [0.3, 0.4) is 0 Å². The third-order valence-corrected chi connectivity index (χ3v) is 5.77. The first-order valence-electron chi connectivity index (χ1n) is 9.40. The van der Waals surface area contributed by atoms with Crippen LogP contribution in [0.4, 0.5) is 15.8 Å². The monoisotopic (exact) mass is 472 g/mol. The standard InChI is InChI=1S/C23H18ClFN2O4S/c1-13(21(28)27-20-11-15(23(30)31)7-10-19(20)24)32-18-4-2-3-17(12-18)26-22(29)14-5-8-16(25)9-6-14/h2-13H,1H3,(H,26,29)(H,27,28)(H,30,31). The summed E-state index contributed by atoms with van der Waals surface area (Å²) in [5, 5.41) is 14.2. The zero-order valence-corrected chi connectivity index (χ0v) is 18.3. The van der Waals surface area contributed by atoms with Crippen molar-refractivity contribution in [1.82, 2.24) is 0 Å². The van der Waals surface area contributed by atoms with Gasteiger partial charge in [-0.15, -0.1) is 11.8 Å². The minimum absolute atomic E-state index is 0.00889. The number of halogens is 2. The molecule has 0 saturated carbocycles. The highest BCUT2D eigenvalue weighted by atomic mass is 35.5. The van der Waals surface area contributed by atoms with Gasteiger partial charge < -0.3 is 15.7 Å². The number of carbonyl (C=O) groups excluding carboxylic acids is 2. The molecule has 3 rings (SSSR count). The molecule has 0 spiro atoms. The van der Waals surface area contributed by atoms with Crippen molar-refractivity contribution in [3.05, 3.63) is 88.7 Å². The van der Waals surface area contributed by atoms with E-state index in [0.29, 0.717) is 11.3 Å². The summed E-state index contributed by atoms with van der Waals surface area (Å²) in [5.41, 5.74) is 1.06. The average molecular weight is 473 g/mol. The maximum Gasteiger partial charge on any atom is 0.335 e. The van der Waals surface area contributed by atoms with E-state index >= 15 is 0 Å². The number of hydrogen-bond donors (Lipinski definition) is 3. The predicted molar refractivity (Wildman–Crippen MR) is 123 cm³/mol. The van der Waals surface area contributed by atoms with E-state index in [-0.39, 0.29) is 28.1 Å². The van der Waals surface area contributed by atoms with Gasteiger partial charge in [0.25, 0.3) is 5.91 Å². The second-order valence-electron chi connectivity index (χ2n) is 6.74. The molecule has 3 N–H and O–H groups in total. The molecule has 0 heterocycles. The quantitative estimate of drug-likeness (QED) is 0.392. The van der Waals surface area contributed by atoms with Gasteiger partial charge in [-0.1, -0.05) is 17.7 Å². The SMILES string of the molecule is CC(Sc1cccc(NC(=O)c2ccc(F)cc2)c1)C(=O)Nc1cc(C(=O)O)ccc1Cl. The van der Waals surface area contributed by atoms with Gasteiger partial charge in [-0.05, 0) is 67.6 Å². The van der Waals surface area contributed by atoms with Crippen LogP contribution in [0.25, 0.3) is 0 Å². The number of rotatable bonds is 7. The molecule has 0 fully saturated rings. The number of anilines is 2. The lowest BCUT2D eigenvalue weighted by Gasteiger charge is -2.14. The zero-order chi connectivity index (χ0) is 23.3. The van der Waals surface area contributed by atoms with Gasteiger partial charge in [-0.25, -0.2) is 9.18 Å². The fourth-order valence-electron chi connectivity index (χ4n) is 2.70. The lowest BCUT2D eigenvalue weighted by atomic mass is 10.2. The molecule has 0 aromatic heterocycles. The number of carbonyl (C=O) groups is 3. The van der Waals surface area contributed by atoms with E-state index in [9.17, 15) is 18.8 Å². The third-order valence-electron chi connectivity index (χ3n) is 4.35. The van der Waals surface area contributed by atoms with Crippen molar-refractivity contribution in [3.63, 3.8) is 0 Å². The summed E-state index contributed by atoms with van der Waals surface area (Å²) >= 11 is 7.32. The van der Waals surface area contributed by atoms with Crippen LogP contribution >= 0.6 is 23.4 Å². The predicted octanol–water partition coefficient (Wildman–Crippen LogP) is 5.55. The maximum absolute atomic E-state index is 13.0. The van der Waals surface area contributed by atoms with Crippen molar-refractivity contribution in [3.8, 4) is 0 Å². The Kier molecular flexibility index (Phi) is 7.50. The number of aromatic carboxylic acids is 1. The minimum Gasteiger partial charge on any atom is -0.478 e. The summed E-state index contributed by atoms with van der Waals surface area (Å²) in [6.07, 6.45) is 0. The molecule has 1 atom stereocenters. The van der Waals surface area contributed by atoms with E-state index in [1.165, 1.54) is 54.2 Å². The summed E-state index contributed by atoms with van der Waals surface area (Å²) in [5.74, 6) is -2.30. The summed E-state index contributed by atoms with van der Waals surface area (Å²) in [4.78, 5) is 36.8. The first-order chi connectivity index (χ1) is 15.2. The minimum atomic E-state index is -1.13. The molecule has 0 aliphatic rings. The van der Waals surface area contributed by atoms with Crippen molar-refractivity contribution in [2.45, 2.75) is 17.1 Å². The number of hydrogen-bond acceptors (Lipinski definition) is 4. The Bertz CT molecular complexity index is 1170. The van der Waals surface area contributed by atoms with Gasteiger partial charge in [-0.3, -0.25) is 9.59 Å². The van der Waals surface area contributed by atoms with Gasteiger partial charge in [0.1, 0.15) is 5.82 Å². The van der Waals surface area contributed by atoms with Crippen LogP contribution in [0.1, 0.15) is 27.6 Å². The summed E-state index contributed by atoms with van der Waals surface area (Å²) < 4.78 is 13.0. The smallest absolute Gasteiger partial charge is 0.335 e. The Morgan fingerprint density at radius 1 is 0.969 bits per heavy atom. The molecule has 6 nitrogen and oxygen atoms in total. The normalized spacial score (nSPS) is 11.5. The molecule has 0 radical (unpaired) electrons. The van der Waals surface area contributed by atoms with E-state index in [4.69, 9.17) is 16.7 Å². The second-order valence-corrected chi connectivity index (χ2v) is 8.56. The highest BCUT2D eigenvalue weighted by Crippen LogP contribution is 2.28. The van der Waals surface area contributed by atoms with Gasteiger partial charge in [0, 0.05) is 16.1 Å². The summed E-state index contributed by atoms with van der Waals surface area (Å²) in [7, 11) is 0. The molecule has 0 saturated heterocycles. The van der Waals surface area contributed by atoms with Crippen molar-refractivity contribution < 1.29 is 23.9 Å². The Labute approximate surface area is 192 Å².